The second-order valence-electron chi connectivity index (χ2n) is 8.71. The Hall–Kier alpha value is -2.62. The Labute approximate surface area is 154 Å². The lowest BCUT2D eigenvalue weighted by Crippen LogP contribution is -2.17. The Bertz CT molecular complexity index is 914. The third kappa shape index (κ3) is 3.50. The van der Waals surface area contributed by atoms with E-state index < -0.39 is 0 Å². The van der Waals surface area contributed by atoms with E-state index >= 15 is 0 Å². The standard InChI is InChI=1S/C22H26N2O2/c1-21(2,3)15-12-16(18(25)17(13-15)22(4,5)6)20-23-19(24-26-20)14-10-8-7-9-11-14/h7-13,25H,1-6H3. The summed E-state index contributed by atoms with van der Waals surface area (Å²) in [6.07, 6.45) is 0. The molecule has 0 saturated heterocycles. The van der Waals surface area contributed by atoms with Gasteiger partial charge in [0.15, 0.2) is 0 Å². The third-order valence-electron chi connectivity index (χ3n) is 4.47. The fraction of sp³-hybridized carbons (Fsp3) is 0.364. The molecule has 0 unspecified atom stereocenters. The van der Waals surface area contributed by atoms with E-state index in [0.717, 1.165) is 16.7 Å². The molecule has 0 radical (unpaired) electrons. The highest BCUT2D eigenvalue weighted by Gasteiger charge is 2.27. The number of aromatic nitrogens is 2. The smallest absolute Gasteiger partial charge is 0.262 e. The molecule has 1 N–H and O–H groups in total. The molecule has 0 aliphatic heterocycles. The van der Waals surface area contributed by atoms with Gasteiger partial charge in [-0.25, -0.2) is 0 Å². The number of rotatable bonds is 2. The molecule has 26 heavy (non-hydrogen) atoms. The number of aromatic hydroxyl groups is 1. The van der Waals surface area contributed by atoms with Gasteiger partial charge in [-0.15, -0.1) is 0 Å². The predicted octanol–water partition coefficient (Wildman–Crippen LogP) is 5.70. The largest absolute Gasteiger partial charge is 0.507 e. The summed E-state index contributed by atoms with van der Waals surface area (Å²) in [5.41, 5.74) is 3.18. The molecule has 4 heteroatoms. The third-order valence-corrected chi connectivity index (χ3v) is 4.47. The monoisotopic (exact) mass is 350 g/mol. The van der Waals surface area contributed by atoms with Crippen LogP contribution < -0.4 is 0 Å². The van der Waals surface area contributed by atoms with Gasteiger partial charge in [0.25, 0.3) is 5.89 Å². The zero-order valence-electron chi connectivity index (χ0n) is 16.3. The van der Waals surface area contributed by atoms with Gasteiger partial charge in [-0.05, 0) is 22.5 Å². The molecule has 3 aromatic rings. The van der Waals surface area contributed by atoms with Gasteiger partial charge in [0.1, 0.15) is 5.75 Å². The van der Waals surface area contributed by atoms with Crippen LogP contribution in [0.15, 0.2) is 47.0 Å². The maximum Gasteiger partial charge on any atom is 0.262 e. The zero-order chi connectivity index (χ0) is 19.1. The summed E-state index contributed by atoms with van der Waals surface area (Å²) >= 11 is 0. The first-order chi connectivity index (χ1) is 12.1. The molecular formula is C22H26N2O2. The lowest BCUT2D eigenvalue weighted by molar-refractivity contribution is 0.419. The first-order valence-electron chi connectivity index (χ1n) is 8.85. The van der Waals surface area contributed by atoms with Crippen molar-refractivity contribution in [3.05, 3.63) is 53.6 Å². The van der Waals surface area contributed by atoms with E-state index in [1.807, 2.05) is 36.4 Å². The number of nitrogens with zero attached hydrogens (tertiary/aromatic N) is 2. The molecule has 0 atom stereocenters. The van der Waals surface area contributed by atoms with E-state index in [1.165, 1.54) is 0 Å². The van der Waals surface area contributed by atoms with Crippen molar-refractivity contribution in [3.63, 3.8) is 0 Å². The van der Waals surface area contributed by atoms with Crippen molar-refractivity contribution in [3.8, 4) is 28.6 Å². The molecule has 3 rings (SSSR count). The predicted molar refractivity (Wildman–Crippen MR) is 104 cm³/mol. The van der Waals surface area contributed by atoms with Crippen LogP contribution in [-0.4, -0.2) is 15.2 Å². The minimum absolute atomic E-state index is 0.0648. The van der Waals surface area contributed by atoms with Gasteiger partial charge >= 0.3 is 0 Å². The summed E-state index contributed by atoms with van der Waals surface area (Å²) in [6, 6.07) is 13.7. The Morgan fingerprint density at radius 1 is 0.885 bits per heavy atom. The molecule has 2 aromatic carbocycles. The van der Waals surface area contributed by atoms with Gasteiger partial charge < -0.3 is 9.63 Å². The molecule has 0 aliphatic rings. The lowest BCUT2D eigenvalue weighted by atomic mass is 9.79. The van der Waals surface area contributed by atoms with E-state index in [0.29, 0.717) is 17.3 Å². The van der Waals surface area contributed by atoms with Crippen LogP contribution in [0, 0.1) is 0 Å². The molecule has 1 aromatic heterocycles. The van der Waals surface area contributed by atoms with Crippen LogP contribution in [0.2, 0.25) is 0 Å². The Morgan fingerprint density at radius 2 is 1.54 bits per heavy atom. The van der Waals surface area contributed by atoms with Crippen molar-refractivity contribution in [2.45, 2.75) is 52.4 Å². The molecule has 0 fully saturated rings. The summed E-state index contributed by atoms with van der Waals surface area (Å²) in [7, 11) is 0. The van der Waals surface area contributed by atoms with Crippen molar-refractivity contribution < 1.29 is 9.63 Å². The SMILES string of the molecule is CC(C)(C)c1cc(-c2nc(-c3ccccc3)no2)c(O)c(C(C)(C)C)c1. The summed E-state index contributed by atoms with van der Waals surface area (Å²) in [5, 5.41) is 15.0. The highest BCUT2D eigenvalue weighted by molar-refractivity contribution is 5.69. The van der Waals surface area contributed by atoms with Crippen molar-refractivity contribution in [1.82, 2.24) is 10.1 Å². The average Bonchev–Trinajstić information content (AvgIpc) is 3.03. The van der Waals surface area contributed by atoms with E-state index in [-0.39, 0.29) is 16.6 Å². The van der Waals surface area contributed by atoms with E-state index in [1.54, 1.807) is 0 Å². The minimum atomic E-state index is -0.206. The molecule has 0 aliphatic carbocycles. The maximum atomic E-state index is 10.9. The first-order valence-corrected chi connectivity index (χ1v) is 8.85. The van der Waals surface area contributed by atoms with Gasteiger partial charge in [-0.1, -0.05) is 83.1 Å². The zero-order valence-corrected chi connectivity index (χ0v) is 16.3. The molecule has 1 heterocycles. The Kier molecular flexibility index (Phi) is 4.39. The van der Waals surface area contributed by atoms with Crippen LogP contribution in [0.1, 0.15) is 52.7 Å². The van der Waals surface area contributed by atoms with Gasteiger partial charge in [0, 0.05) is 11.1 Å². The maximum absolute atomic E-state index is 10.9. The fourth-order valence-corrected chi connectivity index (χ4v) is 2.84. The number of phenols is 1. The molecule has 136 valence electrons. The quantitative estimate of drug-likeness (QED) is 0.643. The van der Waals surface area contributed by atoms with Crippen molar-refractivity contribution >= 4 is 0 Å². The average molecular weight is 350 g/mol. The van der Waals surface area contributed by atoms with Crippen LogP contribution in [0.3, 0.4) is 0 Å². The number of benzene rings is 2. The highest BCUT2D eigenvalue weighted by atomic mass is 16.5. The Morgan fingerprint density at radius 3 is 2.12 bits per heavy atom. The summed E-state index contributed by atoms with van der Waals surface area (Å²) < 4.78 is 5.50. The van der Waals surface area contributed by atoms with Crippen LogP contribution in [0.5, 0.6) is 5.75 Å². The van der Waals surface area contributed by atoms with Crippen LogP contribution in [0.25, 0.3) is 22.8 Å². The van der Waals surface area contributed by atoms with E-state index in [4.69, 9.17) is 4.52 Å². The molecule has 4 nitrogen and oxygen atoms in total. The van der Waals surface area contributed by atoms with Crippen molar-refractivity contribution in [2.75, 3.05) is 0 Å². The summed E-state index contributed by atoms with van der Waals surface area (Å²) in [5.74, 6) is 1.05. The van der Waals surface area contributed by atoms with Crippen LogP contribution in [0.4, 0.5) is 0 Å². The molecule has 0 amide bonds. The van der Waals surface area contributed by atoms with Crippen molar-refractivity contribution in [1.29, 1.82) is 0 Å². The number of phenolic OH excluding ortho intramolecular Hbond substituents is 1. The molecule has 0 bridgehead atoms. The lowest BCUT2D eigenvalue weighted by Gasteiger charge is -2.26. The highest BCUT2D eigenvalue weighted by Crippen LogP contribution is 2.41. The van der Waals surface area contributed by atoms with Gasteiger partial charge in [-0.3, -0.25) is 0 Å². The summed E-state index contributed by atoms with van der Waals surface area (Å²) in [4.78, 5) is 4.52. The van der Waals surface area contributed by atoms with Crippen LogP contribution >= 0.6 is 0 Å². The number of hydrogen-bond acceptors (Lipinski definition) is 4. The molecule has 0 saturated carbocycles. The topological polar surface area (TPSA) is 59.2 Å². The minimum Gasteiger partial charge on any atom is -0.507 e. The normalized spacial score (nSPS) is 12.4. The Balaban J connectivity index is 2.17. The van der Waals surface area contributed by atoms with E-state index in [9.17, 15) is 5.11 Å². The molecule has 0 spiro atoms. The van der Waals surface area contributed by atoms with Gasteiger partial charge in [0.2, 0.25) is 5.82 Å². The second kappa shape index (κ2) is 6.27. The first kappa shape index (κ1) is 18.2. The van der Waals surface area contributed by atoms with Gasteiger partial charge in [-0.2, -0.15) is 4.98 Å². The van der Waals surface area contributed by atoms with E-state index in [2.05, 4.69) is 57.7 Å². The second-order valence-corrected chi connectivity index (χ2v) is 8.71. The summed E-state index contributed by atoms with van der Waals surface area (Å²) in [6.45, 7) is 12.7. The van der Waals surface area contributed by atoms with Crippen molar-refractivity contribution in [2.24, 2.45) is 0 Å². The van der Waals surface area contributed by atoms with Crippen LogP contribution in [-0.2, 0) is 10.8 Å². The fourth-order valence-electron chi connectivity index (χ4n) is 2.84. The molecular weight excluding hydrogens is 324 g/mol. The van der Waals surface area contributed by atoms with Gasteiger partial charge in [0.05, 0.1) is 5.56 Å². The number of hydrogen-bond donors (Lipinski definition) is 1.